The van der Waals surface area contributed by atoms with Crippen LogP contribution >= 0.6 is 0 Å². The summed E-state index contributed by atoms with van der Waals surface area (Å²) in [5.74, 6) is 3.48. The van der Waals surface area contributed by atoms with Crippen molar-refractivity contribution in [1.29, 1.82) is 0 Å². The molecule has 9 aromatic carbocycles. The fourth-order valence-corrected chi connectivity index (χ4v) is 9.65. The average Bonchev–Trinajstić information content (AvgIpc) is 3.46. The second-order valence-corrected chi connectivity index (χ2v) is 15.9. The highest BCUT2D eigenvalue weighted by Gasteiger charge is 2.49. The number of nitrogens with zero attached hydrogens (tertiary/aromatic N) is 3. The van der Waals surface area contributed by atoms with E-state index in [2.05, 4.69) is 206 Å². The normalized spacial score (nSPS) is 12.8. The third-order valence-electron chi connectivity index (χ3n) is 12.4. The average molecular weight is 792 g/mol. The molecule has 0 N–H and O–H groups in total. The van der Waals surface area contributed by atoms with E-state index in [9.17, 15) is 0 Å². The van der Waals surface area contributed by atoms with Crippen molar-refractivity contribution in [2.24, 2.45) is 0 Å². The van der Waals surface area contributed by atoms with Gasteiger partial charge in [0, 0.05) is 27.8 Å². The van der Waals surface area contributed by atoms with E-state index in [1.807, 2.05) is 18.2 Å². The van der Waals surface area contributed by atoms with Crippen molar-refractivity contribution in [2.45, 2.75) is 5.41 Å². The molecule has 2 heterocycles. The first-order valence-corrected chi connectivity index (χ1v) is 21.0. The molecule has 1 spiro atoms. The van der Waals surface area contributed by atoms with Crippen molar-refractivity contribution >= 4 is 0 Å². The Bertz CT molecular complexity index is 3220. The van der Waals surface area contributed by atoms with E-state index in [-0.39, 0.29) is 0 Å². The smallest absolute Gasteiger partial charge is 0.164 e. The Hall–Kier alpha value is -8.21. The Kier molecular flexibility index (Phi) is 8.36. The number of hydrogen-bond acceptors (Lipinski definition) is 4. The highest BCUT2D eigenvalue weighted by molar-refractivity contribution is 5.94. The lowest BCUT2D eigenvalue weighted by molar-refractivity contribution is 0.435. The van der Waals surface area contributed by atoms with Crippen LogP contribution in [0.2, 0.25) is 0 Å². The second-order valence-electron chi connectivity index (χ2n) is 15.9. The lowest BCUT2D eigenvalue weighted by Gasteiger charge is -2.42. The minimum absolute atomic E-state index is 0.595. The molecule has 0 atom stereocenters. The SMILES string of the molecule is c1ccc(-c2cc(-c3ccccc3)cc(-c3nc(-c4ccccc4)nc(-c4ccc5c(c4)C4(c6ccccc6Oc6ccccc64)c4ccccc4-c4ccccc4-5)n3)c2)cc1. The van der Waals surface area contributed by atoms with Crippen molar-refractivity contribution in [3.05, 3.63) is 247 Å². The maximum absolute atomic E-state index is 6.75. The zero-order chi connectivity index (χ0) is 41.0. The van der Waals surface area contributed by atoms with Crippen molar-refractivity contribution in [1.82, 2.24) is 15.0 Å². The van der Waals surface area contributed by atoms with Crippen LogP contribution in [0.3, 0.4) is 0 Å². The van der Waals surface area contributed by atoms with E-state index < -0.39 is 5.41 Å². The van der Waals surface area contributed by atoms with Gasteiger partial charge in [-0.2, -0.15) is 0 Å². The summed E-state index contributed by atoms with van der Waals surface area (Å²) < 4.78 is 6.75. The summed E-state index contributed by atoms with van der Waals surface area (Å²) in [6.45, 7) is 0. The van der Waals surface area contributed by atoms with Crippen LogP contribution in [0, 0.1) is 0 Å². The van der Waals surface area contributed by atoms with Gasteiger partial charge in [-0.1, -0.05) is 188 Å². The fraction of sp³-hybridized carbons (Fsp3) is 0.0172. The summed E-state index contributed by atoms with van der Waals surface area (Å²) in [6.07, 6.45) is 0. The van der Waals surface area contributed by atoms with Crippen molar-refractivity contribution in [2.75, 3.05) is 0 Å². The van der Waals surface area contributed by atoms with E-state index in [4.69, 9.17) is 19.7 Å². The van der Waals surface area contributed by atoms with Gasteiger partial charge in [0.15, 0.2) is 17.5 Å². The van der Waals surface area contributed by atoms with Crippen LogP contribution in [0.4, 0.5) is 0 Å². The molecule has 62 heavy (non-hydrogen) atoms. The molecular formula is C58H37N3O. The summed E-state index contributed by atoms with van der Waals surface area (Å²) in [5.41, 5.74) is 15.6. The van der Waals surface area contributed by atoms with Gasteiger partial charge in [0.25, 0.3) is 0 Å². The molecule has 2 aliphatic rings. The molecule has 0 amide bonds. The molecule has 12 rings (SSSR count). The lowest BCUT2D eigenvalue weighted by Crippen LogP contribution is -2.34. The molecule has 0 saturated heterocycles. The molecule has 0 fully saturated rings. The van der Waals surface area contributed by atoms with Crippen LogP contribution in [-0.2, 0) is 5.41 Å². The molecule has 290 valence electrons. The van der Waals surface area contributed by atoms with Crippen molar-refractivity contribution < 1.29 is 4.74 Å². The Morgan fingerprint density at radius 3 is 1.23 bits per heavy atom. The summed E-state index contributed by atoms with van der Waals surface area (Å²) in [6, 6.07) is 79.3. The number of para-hydroxylation sites is 2. The third kappa shape index (κ3) is 5.72. The maximum atomic E-state index is 6.75. The molecule has 0 unspecified atom stereocenters. The molecule has 10 aromatic rings. The quantitative estimate of drug-likeness (QED) is 0.174. The minimum Gasteiger partial charge on any atom is -0.457 e. The summed E-state index contributed by atoms with van der Waals surface area (Å²) >= 11 is 0. The molecule has 0 radical (unpaired) electrons. The Labute approximate surface area is 360 Å². The fourth-order valence-electron chi connectivity index (χ4n) is 9.65. The number of hydrogen-bond donors (Lipinski definition) is 0. The molecule has 0 saturated carbocycles. The Morgan fingerprint density at radius 2 is 0.661 bits per heavy atom. The molecule has 1 aliphatic heterocycles. The van der Waals surface area contributed by atoms with Crippen LogP contribution in [0.5, 0.6) is 11.5 Å². The van der Waals surface area contributed by atoms with Crippen LogP contribution in [-0.4, -0.2) is 15.0 Å². The maximum Gasteiger partial charge on any atom is 0.164 e. The van der Waals surface area contributed by atoms with Crippen LogP contribution in [0.25, 0.3) is 78.7 Å². The topological polar surface area (TPSA) is 47.9 Å². The standard InChI is InChI=1S/C58H37N3O/c1-4-18-38(19-5-1)42-34-43(39-20-6-2-7-21-39)36-44(35-42)57-60-55(40-22-8-3-9-23-40)59-56(61-57)41-32-33-48-46-25-11-10-24-45(46)47-26-12-13-27-49(47)58(52(48)37-41)50-28-14-16-30-53(50)62-54-31-17-15-29-51(54)58/h1-37H. The summed E-state index contributed by atoms with van der Waals surface area (Å²) in [5, 5.41) is 0. The Balaban J connectivity index is 1.15. The monoisotopic (exact) mass is 791 g/mol. The van der Waals surface area contributed by atoms with Gasteiger partial charge in [0.1, 0.15) is 11.5 Å². The molecule has 1 aliphatic carbocycles. The van der Waals surface area contributed by atoms with E-state index in [0.717, 1.165) is 72.7 Å². The zero-order valence-corrected chi connectivity index (χ0v) is 33.6. The third-order valence-corrected chi connectivity index (χ3v) is 12.4. The van der Waals surface area contributed by atoms with Crippen molar-refractivity contribution in [3.8, 4) is 90.2 Å². The second kappa shape index (κ2) is 14.5. The molecular weight excluding hydrogens is 755 g/mol. The number of aromatic nitrogens is 3. The van der Waals surface area contributed by atoms with Crippen molar-refractivity contribution in [3.63, 3.8) is 0 Å². The number of benzene rings is 9. The molecule has 4 heteroatoms. The largest absolute Gasteiger partial charge is 0.457 e. The summed E-state index contributed by atoms with van der Waals surface area (Å²) in [4.78, 5) is 15.9. The highest BCUT2D eigenvalue weighted by Crippen LogP contribution is 2.61. The first-order valence-electron chi connectivity index (χ1n) is 21.0. The van der Waals surface area contributed by atoms with Crippen LogP contribution in [0.1, 0.15) is 22.3 Å². The first-order chi connectivity index (χ1) is 30.7. The van der Waals surface area contributed by atoms with Gasteiger partial charge in [0.05, 0.1) is 5.41 Å². The highest BCUT2D eigenvalue weighted by atomic mass is 16.5. The number of ether oxygens (including phenoxy) is 1. The molecule has 1 aromatic heterocycles. The minimum atomic E-state index is -0.751. The van der Waals surface area contributed by atoms with Crippen LogP contribution in [0.15, 0.2) is 224 Å². The van der Waals surface area contributed by atoms with Gasteiger partial charge in [-0.3, -0.25) is 0 Å². The predicted octanol–water partition coefficient (Wildman–Crippen LogP) is 14.3. The first kappa shape index (κ1) is 35.7. The molecule has 0 bridgehead atoms. The Morgan fingerprint density at radius 1 is 0.258 bits per heavy atom. The predicted molar refractivity (Wildman–Crippen MR) is 250 cm³/mol. The van der Waals surface area contributed by atoms with Gasteiger partial charge in [-0.05, 0) is 92.0 Å². The zero-order valence-electron chi connectivity index (χ0n) is 33.6. The summed E-state index contributed by atoms with van der Waals surface area (Å²) in [7, 11) is 0. The molecule has 4 nitrogen and oxygen atoms in total. The van der Waals surface area contributed by atoms with E-state index >= 15 is 0 Å². The van der Waals surface area contributed by atoms with E-state index in [1.54, 1.807) is 0 Å². The van der Waals surface area contributed by atoms with Gasteiger partial charge < -0.3 is 4.74 Å². The van der Waals surface area contributed by atoms with Gasteiger partial charge in [0.2, 0.25) is 0 Å². The van der Waals surface area contributed by atoms with E-state index in [1.165, 1.54) is 22.3 Å². The van der Waals surface area contributed by atoms with Gasteiger partial charge in [-0.25, -0.2) is 15.0 Å². The van der Waals surface area contributed by atoms with E-state index in [0.29, 0.717) is 17.5 Å². The lowest BCUT2D eigenvalue weighted by atomic mass is 9.62. The van der Waals surface area contributed by atoms with Crippen LogP contribution < -0.4 is 4.74 Å². The number of rotatable bonds is 5. The van der Waals surface area contributed by atoms with Gasteiger partial charge in [-0.15, -0.1) is 0 Å². The number of fused-ring (bicyclic) bond motifs is 11. The van der Waals surface area contributed by atoms with Gasteiger partial charge >= 0.3 is 0 Å².